The van der Waals surface area contributed by atoms with Crippen LogP contribution in [0.3, 0.4) is 0 Å². The highest BCUT2D eigenvalue weighted by Crippen LogP contribution is 2.32. The number of benzene rings is 1. The Labute approximate surface area is 138 Å². The van der Waals surface area contributed by atoms with E-state index in [-0.39, 0.29) is 28.6 Å². The van der Waals surface area contributed by atoms with Gasteiger partial charge in [-0.25, -0.2) is 0 Å². The maximum Gasteiger partial charge on any atom is 0.387 e. The van der Waals surface area contributed by atoms with Crippen LogP contribution in [0.5, 0.6) is 5.75 Å². The minimum absolute atomic E-state index is 0.0332. The van der Waals surface area contributed by atoms with Gasteiger partial charge in [-0.2, -0.15) is 8.78 Å². The molecule has 0 bridgehead atoms. The molecule has 1 aromatic rings. The van der Waals surface area contributed by atoms with Crippen LogP contribution in [0.15, 0.2) is 18.2 Å². The summed E-state index contributed by atoms with van der Waals surface area (Å²) in [7, 11) is 0. The quantitative estimate of drug-likeness (QED) is 0.794. The van der Waals surface area contributed by atoms with Crippen molar-refractivity contribution in [3.05, 3.63) is 28.8 Å². The Kier molecular flexibility index (Phi) is 5.14. The molecule has 2 fully saturated rings. The van der Waals surface area contributed by atoms with E-state index in [0.29, 0.717) is 19.7 Å². The molecule has 1 heterocycles. The van der Waals surface area contributed by atoms with Gasteiger partial charge in [0.25, 0.3) is 0 Å². The van der Waals surface area contributed by atoms with Gasteiger partial charge in [0.1, 0.15) is 11.9 Å². The van der Waals surface area contributed by atoms with Crippen molar-refractivity contribution >= 4 is 17.4 Å². The number of nitrogens with zero attached hydrogens (tertiary/aromatic N) is 1. The van der Waals surface area contributed by atoms with E-state index in [1.165, 1.54) is 6.07 Å². The van der Waals surface area contributed by atoms with E-state index in [2.05, 4.69) is 9.64 Å². The number of ketones is 1. The number of morpholine rings is 1. The molecule has 0 N–H and O–H groups in total. The molecule has 126 valence electrons. The standard InChI is InChI=1S/C16H18ClF2NO3/c17-12-7-10(1-4-13(12)23-16(18)19)8-20-5-6-22-14(9-20)15(21)11-2-3-11/h1,4,7,11,14,16H,2-3,5-6,8-9H2/t14-/m1/s1. The first-order valence-electron chi connectivity index (χ1n) is 7.64. The van der Waals surface area contributed by atoms with Crippen LogP contribution in [-0.2, 0) is 16.1 Å². The number of halogens is 3. The summed E-state index contributed by atoms with van der Waals surface area (Å²) in [5, 5.41) is 0.154. The van der Waals surface area contributed by atoms with E-state index in [1.54, 1.807) is 12.1 Å². The van der Waals surface area contributed by atoms with Crippen LogP contribution in [0.1, 0.15) is 18.4 Å². The summed E-state index contributed by atoms with van der Waals surface area (Å²) in [6.07, 6.45) is 1.59. The van der Waals surface area contributed by atoms with Crippen LogP contribution in [0.2, 0.25) is 5.02 Å². The highest BCUT2D eigenvalue weighted by Gasteiger charge is 2.37. The lowest BCUT2D eigenvalue weighted by Gasteiger charge is -2.32. The fraction of sp³-hybridized carbons (Fsp3) is 0.562. The Morgan fingerprint density at radius 3 is 2.87 bits per heavy atom. The Hall–Kier alpha value is -1.24. The van der Waals surface area contributed by atoms with Gasteiger partial charge in [0.05, 0.1) is 11.6 Å². The van der Waals surface area contributed by atoms with Crippen LogP contribution in [0, 0.1) is 5.92 Å². The molecule has 0 radical (unpaired) electrons. The second-order valence-corrected chi connectivity index (χ2v) is 6.32. The molecule has 7 heteroatoms. The van der Waals surface area contributed by atoms with E-state index in [1.807, 2.05) is 0 Å². The van der Waals surface area contributed by atoms with E-state index in [9.17, 15) is 13.6 Å². The smallest absolute Gasteiger partial charge is 0.387 e. The second kappa shape index (κ2) is 7.11. The number of hydrogen-bond acceptors (Lipinski definition) is 4. The van der Waals surface area contributed by atoms with Gasteiger partial charge in [-0.15, -0.1) is 0 Å². The Bertz CT molecular complexity index is 580. The fourth-order valence-corrected chi connectivity index (χ4v) is 2.99. The highest BCUT2D eigenvalue weighted by atomic mass is 35.5. The van der Waals surface area contributed by atoms with Crippen LogP contribution < -0.4 is 4.74 Å². The van der Waals surface area contributed by atoms with Gasteiger partial charge in [-0.3, -0.25) is 9.69 Å². The summed E-state index contributed by atoms with van der Waals surface area (Å²) >= 11 is 5.96. The van der Waals surface area contributed by atoms with Crippen molar-refractivity contribution in [2.75, 3.05) is 19.7 Å². The zero-order valence-electron chi connectivity index (χ0n) is 12.5. The summed E-state index contributed by atoms with van der Waals surface area (Å²) in [6.45, 7) is -0.508. The van der Waals surface area contributed by atoms with E-state index >= 15 is 0 Å². The largest absolute Gasteiger partial charge is 0.433 e. The minimum atomic E-state index is -2.90. The van der Waals surface area contributed by atoms with Crippen LogP contribution in [-0.4, -0.2) is 43.1 Å². The van der Waals surface area contributed by atoms with Crippen molar-refractivity contribution in [1.82, 2.24) is 4.90 Å². The number of alkyl halides is 2. The van der Waals surface area contributed by atoms with Crippen molar-refractivity contribution in [3.8, 4) is 5.75 Å². The average Bonchev–Trinajstić information content (AvgIpc) is 3.34. The van der Waals surface area contributed by atoms with Crippen molar-refractivity contribution in [2.24, 2.45) is 5.92 Å². The molecule has 3 rings (SSSR count). The molecule has 1 atom stereocenters. The first-order valence-corrected chi connectivity index (χ1v) is 8.01. The molecule has 1 aliphatic carbocycles. The lowest BCUT2D eigenvalue weighted by Crippen LogP contribution is -2.46. The lowest BCUT2D eigenvalue weighted by atomic mass is 10.1. The number of ether oxygens (including phenoxy) is 2. The van der Waals surface area contributed by atoms with Gasteiger partial charge < -0.3 is 9.47 Å². The van der Waals surface area contributed by atoms with Gasteiger partial charge in [0.15, 0.2) is 5.78 Å². The van der Waals surface area contributed by atoms with E-state index < -0.39 is 6.61 Å². The summed E-state index contributed by atoms with van der Waals surface area (Å²) < 4.78 is 34.4. The van der Waals surface area contributed by atoms with Crippen LogP contribution >= 0.6 is 11.6 Å². The zero-order valence-corrected chi connectivity index (χ0v) is 13.3. The van der Waals surface area contributed by atoms with E-state index in [0.717, 1.165) is 24.9 Å². The summed E-state index contributed by atoms with van der Waals surface area (Å²) in [6, 6.07) is 4.76. The molecule has 1 saturated carbocycles. The lowest BCUT2D eigenvalue weighted by molar-refractivity contribution is -0.137. The highest BCUT2D eigenvalue weighted by molar-refractivity contribution is 6.32. The second-order valence-electron chi connectivity index (χ2n) is 5.91. The zero-order chi connectivity index (χ0) is 16.4. The molecular formula is C16H18ClF2NO3. The topological polar surface area (TPSA) is 38.8 Å². The fourth-order valence-electron chi connectivity index (χ4n) is 2.74. The summed E-state index contributed by atoms with van der Waals surface area (Å²) in [5.41, 5.74) is 0.885. The van der Waals surface area contributed by atoms with Crippen molar-refractivity contribution < 1.29 is 23.0 Å². The summed E-state index contributed by atoms with van der Waals surface area (Å²) in [4.78, 5) is 14.2. The van der Waals surface area contributed by atoms with Crippen LogP contribution in [0.25, 0.3) is 0 Å². The molecular weight excluding hydrogens is 328 g/mol. The molecule has 23 heavy (non-hydrogen) atoms. The molecule has 0 aromatic heterocycles. The Morgan fingerprint density at radius 1 is 1.43 bits per heavy atom. The molecule has 1 aliphatic heterocycles. The number of hydrogen-bond donors (Lipinski definition) is 0. The monoisotopic (exact) mass is 345 g/mol. The van der Waals surface area contributed by atoms with Gasteiger partial charge in [0.2, 0.25) is 0 Å². The third-order valence-electron chi connectivity index (χ3n) is 4.07. The summed E-state index contributed by atoms with van der Waals surface area (Å²) in [5.74, 6) is 0.350. The molecule has 2 aliphatic rings. The average molecular weight is 346 g/mol. The molecule has 0 amide bonds. The maximum atomic E-state index is 12.2. The molecule has 0 spiro atoms. The number of rotatable bonds is 6. The third kappa shape index (κ3) is 4.40. The third-order valence-corrected chi connectivity index (χ3v) is 4.36. The predicted octanol–water partition coefficient (Wildman–Crippen LogP) is 3.12. The van der Waals surface area contributed by atoms with Gasteiger partial charge in [-0.1, -0.05) is 17.7 Å². The molecule has 4 nitrogen and oxygen atoms in total. The first kappa shape index (κ1) is 16.6. The van der Waals surface area contributed by atoms with Crippen molar-refractivity contribution in [2.45, 2.75) is 32.1 Å². The van der Waals surface area contributed by atoms with Gasteiger partial charge >= 0.3 is 6.61 Å². The van der Waals surface area contributed by atoms with Gasteiger partial charge in [-0.05, 0) is 30.5 Å². The Morgan fingerprint density at radius 2 is 2.22 bits per heavy atom. The molecule has 1 saturated heterocycles. The molecule has 1 aromatic carbocycles. The predicted molar refractivity (Wildman–Crippen MR) is 80.8 cm³/mol. The SMILES string of the molecule is O=C(C1CC1)[C@H]1CN(Cc2ccc(OC(F)F)c(Cl)c2)CCO1. The number of Topliss-reactive ketones (excluding diaryl/α,β-unsaturated/α-hetero) is 1. The first-order chi connectivity index (χ1) is 11.0. The normalized spacial score (nSPS) is 22.3. The van der Waals surface area contributed by atoms with Crippen molar-refractivity contribution in [1.29, 1.82) is 0 Å². The molecule has 0 unspecified atom stereocenters. The van der Waals surface area contributed by atoms with Gasteiger partial charge in [0, 0.05) is 25.6 Å². The number of carbonyl (C=O) groups excluding carboxylic acids is 1. The Balaban J connectivity index is 1.60. The number of carbonyl (C=O) groups is 1. The van der Waals surface area contributed by atoms with E-state index in [4.69, 9.17) is 16.3 Å². The van der Waals surface area contributed by atoms with Crippen LogP contribution in [0.4, 0.5) is 8.78 Å². The minimum Gasteiger partial charge on any atom is -0.433 e. The van der Waals surface area contributed by atoms with Crippen molar-refractivity contribution in [3.63, 3.8) is 0 Å². The maximum absolute atomic E-state index is 12.2.